The summed E-state index contributed by atoms with van der Waals surface area (Å²) in [5.41, 5.74) is 1.54. The maximum atomic E-state index is 11.7. The Kier molecular flexibility index (Phi) is 6.84. The number of nitrogens with two attached hydrogens (primary N) is 1. The van der Waals surface area contributed by atoms with Gasteiger partial charge in [0.1, 0.15) is 18.5 Å². The van der Waals surface area contributed by atoms with Gasteiger partial charge in [-0.3, -0.25) is 4.79 Å². The summed E-state index contributed by atoms with van der Waals surface area (Å²) in [5.74, 6) is 1.23. The van der Waals surface area contributed by atoms with Gasteiger partial charge in [-0.15, -0.1) is 11.8 Å². The third-order valence-electron chi connectivity index (χ3n) is 4.04. The van der Waals surface area contributed by atoms with Crippen LogP contribution in [-0.2, 0) is 25.7 Å². The molecule has 1 amide bonds. The molecule has 1 saturated heterocycles. The zero-order valence-corrected chi connectivity index (χ0v) is 17.1. The van der Waals surface area contributed by atoms with Gasteiger partial charge in [0.15, 0.2) is 0 Å². The van der Waals surface area contributed by atoms with E-state index in [1.54, 1.807) is 48.2 Å². The van der Waals surface area contributed by atoms with Crippen molar-refractivity contribution in [3.05, 3.63) is 64.7 Å². The van der Waals surface area contributed by atoms with Gasteiger partial charge < -0.3 is 10.1 Å². The molecule has 0 bridgehead atoms. The first-order valence-electron chi connectivity index (χ1n) is 8.38. The first-order valence-corrected chi connectivity index (χ1v) is 11.3. The Bertz CT molecular complexity index is 937. The lowest BCUT2D eigenvalue weighted by Crippen LogP contribution is -2.24. The number of hydrogen-bond acceptors (Lipinski definition) is 6. The Labute approximate surface area is 172 Å². The number of amides is 1. The Morgan fingerprint density at radius 1 is 1.25 bits per heavy atom. The number of halogens is 1. The molecular weight excluding hydrogens is 424 g/mol. The van der Waals surface area contributed by atoms with Crippen LogP contribution in [0.3, 0.4) is 0 Å². The molecule has 0 aromatic heterocycles. The normalized spacial score (nSPS) is 17.9. The molecule has 1 fully saturated rings. The second-order valence-electron chi connectivity index (χ2n) is 6.13. The summed E-state index contributed by atoms with van der Waals surface area (Å²) in [5, 5.41) is 8.17. The highest BCUT2D eigenvalue weighted by molar-refractivity contribution is 8.01. The Balaban J connectivity index is 1.64. The quantitative estimate of drug-likeness (QED) is 0.650. The highest BCUT2D eigenvalue weighted by Gasteiger charge is 2.25. The maximum absolute atomic E-state index is 11.7. The van der Waals surface area contributed by atoms with E-state index in [1.807, 2.05) is 12.1 Å². The van der Waals surface area contributed by atoms with Crippen molar-refractivity contribution < 1.29 is 22.1 Å². The van der Waals surface area contributed by atoms with E-state index in [4.69, 9.17) is 25.7 Å². The summed E-state index contributed by atoms with van der Waals surface area (Å²) in [6, 6.07) is 13.9. The molecule has 7 nitrogen and oxygen atoms in total. The summed E-state index contributed by atoms with van der Waals surface area (Å²) >= 11 is 7.55. The number of carbonyl (C=O) groups excluding carboxylic acids is 1. The van der Waals surface area contributed by atoms with Gasteiger partial charge in [0.2, 0.25) is 5.91 Å². The summed E-state index contributed by atoms with van der Waals surface area (Å²) < 4.78 is 33.4. The van der Waals surface area contributed by atoms with Gasteiger partial charge in [-0.05, 0) is 41.8 Å². The third-order valence-corrected chi connectivity index (χ3v) is 5.87. The van der Waals surface area contributed by atoms with Crippen LogP contribution in [0.25, 0.3) is 0 Å². The SMILES string of the molecule is NS(=O)(=O)OC(COc1ccc(CC2SCNC2=O)cc1)c1cccc(Cl)c1. The average molecular weight is 443 g/mol. The number of thioether (sulfide) groups is 1. The lowest BCUT2D eigenvalue weighted by molar-refractivity contribution is -0.119. The fourth-order valence-electron chi connectivity index (χ4n) is 2.71. The van der Waals surface area contributed by atoms with Gasteiger partial charge >= 0.3 is 10.3 Å². The molecule has 0 radical (unpaired) electrons. The fourth-order valence-corrected chi connectivity index (χ4v) is 4.37. The van der Waals surface area contributed by atoms with Crippen LogP contribution < -0.4 is 15.2 Å². The van der Waals surface area contributed by atoms with Crippen molar-refractivity contribution in [2.45, 2.75) is 17.8 Å². The molecule has 150 valence electrons. The van der Waals surface area contributed by atoms with E-state index in [0.717, 1.165) is 5.56 Å². The number of nitrogens with one attached hydrogen (secondary N) is 1. The van der Waals surface area contributed by atoms with E-state index in [1.165, 1.54) is 0 Å². The second-order valence-corrected chi connectivity index (χ2v) is 8.94. The zero-order chi connectivity index (χ0) is 20.1. The first kappa shape index (κ1) is 20.9. The van der Waals surface area contributed by atoms with Gasteiger partial charge in [-0.25, -0.2) is 9.32 Å². The maximum Gasteiger partial charge on any atom is 0.333 e. The lowest BCUT2D eigenvalue weighted by atomic mass is 10.1. The van der Waals surface area contributed by atoms with Crippen LogP contribution in [0.1, 0.15) is 17.2 Å². The van der Waals surface area contributed by atoms with E-state index in [-0.39, 0.29) is 17.8 Å². The van der Waals surface area contributed by atoms with E-state index in [0.29, 0.717) is 28.6 Å². The van der Waals surface area contributed by atoms with E-state index in [9.17, 15) is 13.2 Å². The van der Waals surface area contributed by atoms with Crippen LogP contribution in [0.4, 0.5) is 0 Å². The lowest BCUT2D eigenvalue weighted by Gasteiger charge is -2.18. The predicted octanol–water partition coefficient (Wildman–Crippen LogP) is 2.41. The highest BCUT2D eigenvalue weighted by Crippen LogP contribution is 2.25. The second kappa shape index (κ2) is 9.15. The van der Waals surface area contributed by atoms with Gasteiger partial charge in [0.05, 0.1) is 11.1 Å². The molecule has 28 heavy (non-hydrogen) atoms. The molecule has 2 aromatic carbocycles. The molecular formula is C18H19ClN2O5S2. The van der Waals surface area contributed by atoms with Crippen molar-refractivity contribution >= 4 is 39.6 Å². The van der Waals surface area contributed by atoms with Crippen LogP contribution in [0.5, 0.6) is 5.75 Å². The largest absolute Gasteiger partial charge is 0.490 e. The summed E-state index contributed by atoms with van der Waals surface area (Å²) in [7, 11) is -4.18. The molecule has 2 unspecified atom stereocenters. The Hall–Kier alpha value is -1.78. The van der Waals surface area contributed by atoms with Crippen molar-refractivity contribution in [1.82, 2.24) is 5.32 Å². The summed E-state index contributed by atoms with van der Waals surface area (Å²) in [6.07, 6.45) is -0.303. The van der Waals surface area contributed by atoms with Crippen LogP contribution in [0, 0.1) is 0 Å². The van der Waals surface area contributed by atoms with Gasteiger partial charge in [0.25, 0.3) is 0 Å². The molecule has 2 aromatic rings. The number of hydrogen-bond donors (Lipinski definition) is 2. The highest BCUT2D eigenvalue weighted by atomic mass is 35.5. The molecule has 0 aliphatic carbocycles. The van der Waals surface area contributed by atoms with Crippen molar-refractivity contribution in [3.63, 3.8) is 0 Å². The monoisotopic (exact) mass is 442 g/mol. The molecule has 3 rings (SSSR count). The zero-order valence-electron chi connectivity index (χ0n) is 14.7. The van der Waals surface area contributed by atoms with Gasteiger partial charge in [-0.1, -0.05) is 35.9 Å². The molecule has 3 N–H and O–H groups in total. The van der Waals surface area contributed by atoms with E-state index >= 15 is 0 Å². The minimum atomic E-state index is -4.18. The molecule has 1 aliphatic heterocycles. The smallest absolute Gasteiger partial charge is 0.333 e. The first-order chi connectivity index (χ1) is 13.3. The van der Waals surface area contributed by atoms with Crippen LogP contribution >= 0.6 is 23.4 Å². The minimum Gasteiger partial charge on any atom is -0.490 e. The molecule has 2 atom stereocenters. The minimum absolute atomic E-state index is 0.0508. The van der Waals surface area contributed by atoms with Gasteiger partial charge in [0, 0.05) is 5.02 Å². The standard InChI is InChI=1S/C18H19ClN2O5S2/c19-14-3-1-2-13(9-14)16(26-28(20,23)24)10-25-15-6-4-12(5-7-15)8-17-18(22)21-11-27-17/h1-7,9,16-17H,8,10-11H2,(H,21,22)(H2,20,23,24). The van der Waals surface area contributed by atoms with Crippen molar-refractivity contribution in [1.29, 1.82) is 0 Å². The molecule has 1 aliphatic rings. The Morgan fingerprint density at radius 2 is 2.00 bits per heavy atom. The Morgan fingerprint density at radius 3 is 2.61 bits per heavy atom. The van der Waals surface area contributed by atoms with Crippen molar-refractivity contribution in [2.75, 3.05) is 12.5 Å². The predicted molar refractivity (Wildman–Crippen MR) is 108 cm³/mol. The van der Waals surface area contributed by atoms with Gasteiger partial charge in [-0.2, -0.15) is 8.42 Å². The number of ether oxygens (including phenoxy) is 1. The van der Waals surface area contributed by atoms with Crippen molar-refractivity contribution in [2.24, 2.45) is 5.14 Å². The number of rotatable bonds is 8. The van der Waals surface area contributed by atoms with Crippen molar-refractivity contribution in [3.8, 4) is 5.75 Å². The molecule has 0 spiro atoms. The van der Waals surface area contributed by atoms with Crippen LogP contribution in [0.2, 0.25) is 5.02 Å². The van der Waals surface area contributed by atoms with E-state index in [2.05, 4.69) is 5.32 Å². The summed E-state index contributed by atoms with van der Waals surface area (Å²) in [6.45, 7) is -0.0724. The number of carbonyl (C=O) groups is 1. The molecule has 1 heterocycles. The topological polar surface area (TPSA) is 108 Å². The average Bonchev–Trinajstić information content (AvgIpc) is 3.04. The number of benzene rings is 2. The summed E-state index contributed by atoms with van der Waals surface area (Å²) in [4.78, 5) is 11.7. The molecule has 0 saturated carbocycles. The third kappa shape index (κ3) is 6.11. The van der Waals surface area contributed by atoms with Crippen LogP contribution in [-0.4, -0.2) is 32.1 Å². The fraction of sp³-hybridized carbons (Fsp3) is 0.278. The van der Waals surface area contributed by atoms with Crippen LogP contribution in [0.15, 0.2) is 48.5 Å². The van der Waals surface area contributed by atoms with E-state index < -0.39 is 16.4 Å². The molecule has 10 heteroatoms.